The molecule has 1 aliphatic heterocycles. The molecular formula is C24H24N2O4S2. The Labute approximate surface area is 192 Å². The minimum Gasteiger partial charge on any atom is -0.497 e. The highest BCUT2D eigenvalue weighted by Gasteiger charge is 2.28. The summed E-state index contributed by atoms with van der Waals surface area (Å²) < 4.78 is 32.9. The Morgan fingerprint density at radius 3 is 2.56 bits per heavy atom. The first kappa shape index (κ1) is 22.1. The van der Waals surface area contributed by atoms with Crippen molar-refractivity contribution < 1.29 is 17.9 Å². The number of rotatable bonds is 6. The van der Waals surface area contributed by atoms with E-state index in [0.717, 1.165) is 40.3 Å². The van der Waals surface area contributed by atoms with Gasteiger partial charge in [0, 0.05) is 34.1 Å². The minimum atomic E-state index is -3.63. The summed E-state index contributed by atoms with van der Waals surface area (Å²) in [4.78, 5) is 13.0. The predicted octanol–water partition coefficient (Wildman–Crippen LogP) is 4.71. The van der Waals surface area contributed by atoms with E-state index in [-0.39, 0.29) is 15.5 Å². The lowest BCUT2D eigenvalue weighted by Crippen LogP contribution is -2.43. The molecule has 3 aromatic rings. The van der Waals surface area contributed by atoms with Crippen molar-refractivity contribution in [3.8, 4) is 5.75 Å². The molecule has 0 saturated carbocycles. The number of nitrogens with one attached hydrogen (secondary N) is 2. The van der Waals surface area contributed by atoms with Gasteiger partial charge in [0.05, 0.1) is 7.11 Å². The standard InChI is InChI=1S/C24H24N2O4S2/c1-24(2)15-17-8-11-19(30-3)13-20(17)21(25-24)14-22(27)16-6-9-18(10-7-16)26-32(28,29)23-5-4-12-31-23/h4-14,25-26H,15H2,1-3H3. The van der Waals surface area contributed by atoms with E-state index in [0.29, 0.717) is 11.3 Å². The van der Waals surface area contributed by atoms with E-state index in [4.69, 9.17) is 4.74 Å². The van der Waals surface area contributed by atoms with E-state index in [2.05, 4.69) is 23.9 Å². The minimum absolute atomic E-state index is 0.174. The summed E-state index contributed by atoms with van der Waals surface area (Å²) in [6, 6.07) is 15.5. The second-order valence-corrected chi connectivity index (χ2v) is 11.1. The van der Waals surface area contributed by atoms with Crippen molar-refractivity contribution in [1.29, 1.82) is 0 Å². The molecule has 0 aliphatic carbocycles. The highest BCUT2D eigenvalue weighted by Crippen LogP contribution is 2.32. The molecule has 1 aliphatic rings. The van der Waals surface area contributed by atoms with Crippen molar-refractivity contribution in [1.82, 2.24) is 5.32 Å². The van der Waals surface area contributed by atoms with Gasteiger partial charge in [-0.15, -0.1) is 11.3 Å². The third-order valence-corrected chi connectivity index (χ3v) is 7.95. The highest BCUT2D eigenvalue weighted by molar-refractivity contribution is 7.94. The summed E-state index contributed by atoms with van der Waals surface area (Å²) >= 11 is 1.15. The van der Waals surface area contributed by atoms with Crippen LogP contribution in [0, 0.1) is 0 Å². The molecule has 6 nitrogen and oxygen atoms in total. The van der Waals surface area contributed by atoms with Crippen LogP contribution in [0.1, 0.15) is 35.3 Å². The number of carbonyl (C=O) groups is 1. The smallest absolute Gasteiger partial charge is 0.271 e. The summed E-state index contributed by atoms with van der Waals surface area (Å²) in [5.74, 6) is 0.553. The van der Waals surface area contributed by atoms with Crippen LogP contribution in [-0.2, 0) is 16.4 Å². The van der Waals surface area contributed by atoms with Crippen molar-refractivity contribution in [2.75, 3.05) is 11.8 Å². The Hall–Kier alpha value is -3.10. The van der Waals surface area contributed by atoms with Crippen LogP contribution in [0.2, 0.25) is 0 Å². The maximum absolute atomic E-state index is 13.0. The van der Waals surface area contributed by atoms with Gasteiger partial charge < -0.3 is 10.1 Å². The highest BCUT2D eigenvalue weighted by atomic mass is 32.2. The summed E-state index contributed by atoms with van der Waals surface area (Å²) in [6.45, 7) is 4.18. The van der Waals surface area contributed by atoms with Crippen molar-refractivity contribution in [2.24, 2.45) is 0 Å². The fraction of sp³-hybridized carbons (Fsp3) is 0.208. The fourth-order valence-electron chi connectivity index (χ4n) is 3.69. The van der Waals surface area contributed by atoms with E-state index in [1.165, 1.54) is 0 Å². The van der Waals surface area contributed by atoms with E-state index in [1.807, 2.05) is 18.2 Å². The lowest BCUT2D eigenvalue weighted by atomic mass is 9.85. The molecule has 0 radical (unpaired) electrons. The second-order valence-electron chi connectivity index (χ2n) is 8.25. The number of sulfonamides is 1. The first-order chi connectivity index (χ1) is 15.2. The summed E-state index contributed by atoms with van der Waals surface area (Å²) in [5.41, 5.74) is 3.49. The van der Waals surface area contributed by atoms with Crippen LogP contribution in [-0.4, -0.2) is 26.8 Å². The second kappa shape index (κ2) is 8.44. The van der Waals surface area contributed by atoms with Gasteiger partial charge in [0.15, 0.2) is 5.78 Å². The third kappa shape index (κ3) is 4.71. The molecule has 0 spiro atoms. The Morgan fingerprint density at radius 2 is 1.91 bits per heavy atom. The van der Waals surface area contributed by atoms with Crippen LogP contribution in [0.4, 0.5) is 5.69 Å². The fourth-order valence-corrected chi connectivity index (χ4v) is 5.74. The zero-order valence-electron chi connectivity index (χ0n) is 18.0. The molecule has 0 fully saturated rings. The lowest BCUT2D eigenvalue weighted by molar-refractivity contribution is 0.104. The Bertz CT molecular complexity index is 1280. The molecule has 8 heteroatoms. The van der Waals surface area contributed by atoms with Gasteiger partial charge in [0.1, 0.15) is 9.96 Å². The molecule has 4 rings (SSSR count). The van der Waals surface area contributed by atoms with E-state index >= 15 is 0 Å². The topological polar surface area (TPSA) is 84.5 Å². The number of hydrogen-bond donors (Lipinski definition) is 2. The number of benzene rings is 2. The quantitative estimate of drug-likeness (QED) is 0.404. The molecule has 2 N–H and O–H groups in total. The third-order valence-electron chi connectivity index (χ3n) is 5.17. The summed E-state index contributed by atoms with van der Waals surface area (Å²) in [5, 5.41) is 5.16. The zero-order chi connectivity index (χ0) is 22.9. The number of anilines is 1. The van der Waals surface area contributed by atoms with E-state index < -0.39 is 10.0 Å². The SMILES string of the molecule is COc1ccc2c(c1)C(=CC(=O)c1ccc(NS(=O)(=O)c3cccs3)cc1)NC(C)(C)C2. The van der Waals surface area contributed by atoms with Gasteiger partial charge in [0.25, 0.3) is 10.0 Å². The van der Waals surface area contributed by atoms with Crippen molar-refractivity contribution in [3.63, 3.8) is 0 Å². The van der Waals surface area contributed by atoms with Crippen molar-refractivity contribution >= 4 is 38.5 Å². The van der Waals surface area contributed by atoms with E-state index in [9.17, 15) is 13.2 Å². The maximum atomic E-state index is 13.0. The molecule has 2 heterocycles. The molecule has 166 valence electrons. The lowest BCUT2D eigenvalue weighted by Gasteiger charge is -2.35. The van der Waals surface area contributed by atoms with Gasteiger partial charge in [-0.1, -0.05) is 12.1 Å². The van der Waals surface area contributed by atoms with Gasteiger partial charge in [-0.3, -0.25) is 9.52 Å². The average Bonchev–Trinajstić information content (AvgIpc) is 3.29. The van der Waals surface area contributed by atoms with Crippen molar-refractivity contribution in [3.05, 3.63) is 82.7 Å². The Balaban J connectivity index is 1.59. The van der Waals surface area contributed by atoms with Crippen LogP contribution >= 0.6 is 11.3 Å². The van der Waals surface area contributed by atoms with Crippen LogP contribution in [0.25, 0.3) is 5.70 Å². The molecule has 0 saturated heterocycles. The van der Waals surface area contributed by atoms with E-state index in [1.54, 1.807) is 55.0 Å². The summed E-state index contributed by atoms with van der Waals surface area (Å²) in [6.07, 6.45) is 2.42. The largest absolute Gasteiger partial charge is 0.497 e. The van der Waals surface area contributed by atoms with Crippen molar-refractivity contribution in [2.45, 2.75) is 30.0 Å². The summed E-state index contributed by atoms with van der Waals surface area (Å²) in [7, 11) is -2.01. The number of ketones is 1. The monoisotopic (exact) mass is 468 g/mol. The molecule has 32 heavy (non-hydrogen) atoms. The number of carbonyl (C=O) groups excluding carboxylic acids is 1. The number of hydrogen-bond acceptors (Lipinski definition) is 6. The number of fused-ring (bicyclic) bond motifs is 1. The number of thiophene rings is 1. The normalized spacial score (nSPS) is 16.2. The van der Waals surface area contributed by atoms with Crippen LogP contribution in [0.3, 0.4) is 0 Å². The molecular weight excluding hydrogens is 444 g/mol. The molecule has 0 unspecified atom stereocenters. The van der Waals surface area contributed by atoms with Gasteiger partial charge in [-0.2, -0.15) is 0 Å². The van der Waals surface area contributed by atoms with Gasteiger partial charge in [-0.25, -0.2) is 8.42 Å². The molecule has 2 aromatic carbocycles. The van der Waals surface area contributed by atoms with Crippen LogP contribution in [0.15, 0.2) is 70.3 Å². The number of methoxy groups -OCH3 is 1. The Morgan fingerprint density at radius 1 is 1.16 bits per heavy atom. The predicted molar refractivity (Wildman–Crippen MR) is 128 cm³/mol. The molecule has 0 bridgehead atoms. The maximum Gasteiger partial charge on any atom is 0.271 e. The van der Waals surface area contributed by atoms with Crippen LogP contribution < -0.4 is 14.8 Å². The number of ether oxygens (including phenoxy) is 1. The average molecular weight is 469 g/mol. The first-order valence-corrected chi connectivity index (χ1v) is 12.4. The molecule has 0 atom stereocenters. The van der Waals surface area contributed by atoms with Gasteiger partial charge >= 0.3 is 0 Å². The zero-order valence-corrected chi connectivity index (χ0v) is 19.6. The molecule has 1 aromatic heterocycles. The first-order valence-electron chi connectivity index (χ1n) is 10.0. The molecule has 0 amide bonds. The van der Waals surface area contributed by atoms with Gasteiger partial charge in [0.2, 0.25) is 0 Å². The van der Waals surface area contributed by atoms with Gasteiger partial charge in [-0.05, 0) is 73.7 Å². The van der Waals surface area contributed by atoms with Crippen LogP contribution in [0.5, 0.6) is 5.75 Å². The Kier molecular flexibility index (Phi) is 5.83. The number of allylic oxidation sites excluding steroid dienone is 1.